The fraction of sp³-hybridized carbons (Fsp3) is 0.286. The summed E-state index contributed by atoms with van der Waals surface area (Å²) in [5, 5.41) is 6.96. The lowest BCUT2D eigenvalue weighted by atomic mass is 10.2. The standard InChI is InChI=1S/C14H15N5OS/c20-13(5-2-6-19-9-15-8-18-19)16-7-11-3-1-4-12-14(11)21-10-17-12/h1,3-4,8-10H,2,5-7H2,(H,16,20). The Hall–Kier alpha value is -2.28. The van der Waals surface area contributed by atoms with Gasteiger partial charge in [-0.15, -0.1) is 11.3 Å². The number of amides is 1. The number of nitrogens with one attached hydrogen (secondary N) is 1. The number of aryl methyl sites for hydroxylation is 1. The van der Waals surface area contributed by atoms with Crippen molar-refractivity contribution in [3.63, 3.8) is 0 Å². The van der Waals surface area contributed by atoms with Crippen LogP contribution in [0, 0.1) is 0 Å². The number of hydrogen-bond acceptors (Lipinski definition) is 5. The first-order valence-corrected chi connectivity index (χ1v) is 7.61. The monoisotopic (exact) mass is 301 g/mol. The van der Waals surface area contributed by atoms with E-state index in [0.717, 1.165) is 22.2 Å². The van der Waals surface area contributed by atoms with Crippen LogP contribution in [-0.2, 0) is 17.9 Å². The van der Waals surface area contributed by atoms with E-state index in [0.29, 0.717) is 19.5 Å². The number of benzene rings is 1. The Kier molecular flexibility index (Phi) is 4.20. The van der Waals surface area contributed by atoms with Crippen molar-refractivity contribution >= 4 is 27.5 Å². The van der Waals surface area contributed by atoms with E-state index in [1.807, 2.05) is 23.7 Å². The molecule has 0 aliphatic carbocycles. The van der Waals surface area contributed by atoms with Crippen LogP contribution in [0.15, 0.2) is 36.4 Å². The van der Waals surface area contributed by atoms with Gasteiger partial charge in [0, 0.05) is 19.5 Å². The van der Waals surface area contributed by atoms with Crippen LogP contribution in [0.2, 0.25) is 0 Å². The second-order valence-corrected chi connectivity index (χ2v) is 5.51. The van der Waals surface area contributed by atoms with Crippen molar-refractivity contribution < 1.29 is 4.79 Å². The van der Waals surface area contributed by atoms with Gasteiger partial charge in [-0.3, -0.25) is 9.48 Å². The van der Waals surface area contributed by atoms with E-state index < -0.39 is 0 Å². The third-order valence-electron chi connectivity index (χ3n) is 3.17. The molecule has 0 fully saturated rings. The average Bonchev–Trinajstić information content (AvgIpc) is 3.16. The second-order valence-electron chi connectivity index (χ2n) is 4.66. The predicted molar refractivity (Wildman–Crippen MR) is 80.7 cm³/mol. The Bertz CT molecular complexity index is 722. The number of carbonyl (C=O) groups is 1. The lowest BCUT2D eigenvalue weighted by Crippen LogP contribution is -2.22. The van der Waals surface area contributed by atoms with Gasteiger partial charge in [0.1, 0.15) is 12.7 Å². The van der Waals surface area contributed by atoms with Gasteiger partial charge in [-0.25, -0.2) is 9.97 Å². The van der Waals surface area contributed by atoms with E-state index in [4.69, 9.17) is 0 Å². The summed E-state index contributed by atoms with van der Waals surface area (Å²) in [6, 6.07) is 5.97. The summed E-state index contributed by atoms with van der Waals surface area (Å²) >= 11 is 1.60. The molecule has 0 saturated heterocycles. The molecule has 0 saturated carbocycles. The fourth-order valence-corrected chi connectivity index (χ4v) is 2.92. The molecule has 1 amide bonds. The molecule has 6 nitrogen and oxygen atoms in total. The zero-order chi connectivity index (χ0) is 14.5. The van der Waals surface area contributed by atoms with Crippen LogP contribution < -0.4 is 5.32 Å². The van der Waals surface area contributed by atoms with E-state index in [1.54, 1.807) is 22.3 Å². The van der Waals surface area contributed by atoms with Crippen LogP contribution in [0.5, 0.6) is 0 Å². The van der Waals surface area contributed by atoms with Crippen LogP contribution in [0.3, 0.4) is 0 Å². The molecule has 0 radical (unpaired) electrons. The summed E-state index contributed by atoms with van der Waals surface area (Å²) in [5.74, 6) is 0.0524. The number of carbonyl (C=O) groups excluding carboxylic acids is 1. The molecule has 0 aliphatic rings. The zero-order valence-corrected chi connectivity index (χ0v) is 12.2. The topological polar surface area (TPSA) is 72.7 Å². The Balaban J connectivity index is 1.48. The zero-order valence-electron chi connectivity index (χ0n) is 11.4. The predicted octanol–water partition coefficient (Wildman–Crippen LogP) is 1.98. The first-order chi connectivity index (χ1) is 10.3. The largest absolute Gasteiger partial charge is 0.352 e. The molecule has 3 aromatic rings. The molecule has 0 spiro atoms. The Morgan fingerprint density at radius 1 is 1.38 bits per heavy atom. The van der Waals surface area contributed by atoms with E-state index >= 15 is 0 Å². The van der Waals surface area contributed by atoms with Gasteiger partial charge >= 0.3 is 0 Å². The van der Waals surface area contributed by atoms with Gasteiger partial charge in [0.05, 0.1) is 15.7 Å². The molecule has 1 N–H and O–H groups in total. The number of fused-ring (bicyclic) bond motifs is 1. The minimum atomic E-state index is 0.0524. The summed E-state index contributed by atoms with van der Waals surface area (Å²) in [5.41, 5.74) is 3.92. The number of aromatic nitrogens is 4. The molecule has 3 rings (SSSR count). The van der Waals surface area contributed by atoms with Gasteiger partial charge in [-0.2, -0.15) is 5.10 Å². The molecule has 2 aromatic heterocycles. The number of hydrogen-bond donors (Lipinski definition) is 1. The Morgan fingerprint density at radius 3 is 3.19 bits per heavy atom. The normalized spacial score (nSPS) is 10.9. The van der Waals surface area contributed by atoms with Gasteiger partial charge < -0.3 is 5.32 Å². The molecule has 0 atom stereocenters. The lowest BCUT2D eigenvalue weighted by molar-refractivity contribution is -0.121. The van der Waals surface area contributed by atoms with Crippen LogP contribution in [0.25, 0.3) is 10.2 Å². The maximum Gasteiger partial charge on any atom is 0.220 e. The summed E-state index contributed by atoms with van der Waals surface area (Å²) < 4.78 is 2.87. The Morgan fingerprint density at radius 2 is 2.33 bits per heavy atom. The van der Waals surface area contributed by atoms with Gasteiger partial charge in [-0.1, -0.05) is 12.1 Å². The molecule has 108 valence electrons. The van der Waals surface area contributed by atoms with Crippen LogP contribution in [0.4, 0.5) is 0 Å². The molecule has 2 heterocycles. The lowest BCUT2D eigenvalue weighted by Gasteiger charge is -2.06. The van der Waals surface area contributed by atoms with Crippen molar-refractivity contribution in [3.05, 3.63) is 41.9 Å². The first kappa shape index (κ1) is 13.7. The van der Waals surface area contributed by atoms with Crippen LogP contribution in [-0.4, -0.2) is 25.7 Å². The quantitative estimate of drug-likeness (QED) is 0.755. The average molecular weight is 301 g/mol. The van der Waals surface area contributed by atoms with Crippen molar-refractivity contribution in [2.24, 2.45) is 0 Å². The molecule has 0 bridgehead atoms. The number of rotatable bonds is 6. The summed E-state index contributed by atoms with van der Waals surface area (Å²) in [4.78, 5) is 20.0. The highest BCUT2D eigenvalue weighted by Crippen LogP contribution is 2.21. The molecular weight excluding hydrogens is 286 g/mol. The van der Waals surface area contributed by atoms with E-state index in [-0.39, 0.29) is 5.91 Å². The maximum atomic E-state index is 11.9. The summed E-state index contributed by atoms with van der Waals surface area (Å²) in [6.07, 6.45) is 4.39. The van der Waals surface area contributed by atoms with Crippen molar-refractivity contribution in [1.29, 1.82) is 0 Å². The van der Waals surface area contributed by atoms with E-state index in [2.05, 4.69) is 20.4 Å². The highest BCUT2D eigenvalue weighted by atomic mass is 32.1. The summed E-state index contributed by atoms with van der Waals surface area (Å²) in [6.45, 7) is 1.25. The van der Waals surface area contributed by atoms with Crippen molar-refractivity contribution in [1.82, 2.24) is 25.1 Å². The molecule has 21 heavy (non-hydrogen) atoms. The molecule has 0 unspecified atom stereocenters. The van der Waals surface area contributed by atoms with Gasteiger partial charge in [-0.05, 0) is 18.1 Å². The highest BCUT2D eigenvalue weighted by molar-refractivity contribution is 7.16. The van der Waals surface area contributed by atoms with Gasteiger partial charge in [0.2, 0.25) is 5.91 Å². The molecular formula is C14H15N5OS. The van der Waals surface area contributed by atoms with Crippen molar-refractivity contribution in [3.8, 4) is 0 Å². The van der Waals surface area contributed by atoms with Crippen LogP contribution >= 0.6 is 11.3 Å². The number of nitrogens with zero attached hydrogens (tertiary/aromatic N) is 4. The van der Waals surface area contributed by atoms with Gasteiger partial charge in [0.15, 0.2) is 0 Å². The maximum absolute atomic E-state index is 11.9. The number of thiazole rings is 1. The minimum Gasteiger partial charge on any atom is -0.352 e. The van der Waals surface area contributed by atoms with E-state index in [9.17, 15) is 4.79 Å². The second kappa shape index (κ2) is 6.45. The molecule has 0 aliphatic heterocycles. The first-order valence-electron chi connectivity index (χ1n) is 6.73. The molecule has 7 heteroatoms. The smallest absolute Gasteiger partial charge is 0.220 e. The van der Waals surface area contributed by atoms with Crippen molar-refractivity contribution in [2.75, 3.05) is 0 Å². The minimum absolute atomic E-state index is 0.0524. The van der Waals surface area contributed by atoms with Gasteiger partial charge in [0.25, 0.3) is 0 Å². The SMILES string of the molecule is O=C(CCCn1cncn1)NCc1cccc2ncsc12. The Labute approximate surface area is 125 Å². The van der Waals surface area contributed by atoms with Crippen LogP contribution in [0.1, 0.15) is 18.4 Å². The summed E-state index contributed by atoms with van der Waals surface area (Å²) in [7, 11) is 0. The van der Waals surface area contributed by atoms with E-state index in [1.165, 1.54) is 6.33 Å². The fourth-order valence-electron chi connectivity index (χ4n) is 2.12. The molecule has 1 aromatic carbocycles. The third-order valence-corrected chi connectivity index (χ3v) is 4.09. The third kappa shape index (κ3) is 3.43. The highest BCUT2D eigenvalue weighted by Gasteiger charge is 2.06. The van der Waals surface area contributed by atoms with Crippen molar-refractivity contribution in [2.45, 2.75) is 25.9 Å².